The maximum absolute atomic E-state index is 5.45. The van der Waals surface area contributed by atoms with Crippen LogP contribution < -0.4 is 5.73 Å². The molecule has 0 fully saturated rings. The van der Waals surface area contributed by atoms with E-state index in [1.165, 1.54) is 35.4 Å². The number of thiophene rings is 1. The van der Waals surface area contributed by atoms with Gasteiger partial charge in [-0.3, -0.25) is 0 Å². The molecule has 0 radical (unpaired) electrons. The summed E-state index contributed by atoms with van der Waals surface area (Å²) in [5.74, 6) is 0. The van der Waals surface area contributed by atoms with E-state index in [2.05, 4.69) is 19.1 Å². The maximum Gasteiger partial charge on any atom is 0.00481 e. The van der Waals surface area contributed by atoms with Crippen molar-refractivity contribution in [1.82, 2.24) is 0 Å². The molecule has 0 saturated carbocycles. The quantitative estimate of drug-likeness (QED) is 0.697. The van der Waals surface area contributed by atoms with Gasteiger partial charge in [0.2, 0.25) is 0 Å². The molecule has 0 aliphatic rings. The van der Waals surface area contributed by atoms with E-state index in [1.807, 2.05) is 11.3 Å². The van der Waals surface area contributed by atoms with Crippen LogP contribution in [0.2, 0.25) is 0 Å². The average molecular weight is 197 g/mol. The molecule has 74 valence electrons. The van der Waals surface area contributed by atoms with Crippen molar-refractivity contribution in [2.75, 3.05) is 6.54 Å². The van der Waals surface area contributed by atoms with Crippen molar-refractivity contribution in [3.8, 4) is 0 Å². The summed E-state index contributed by atoms with van der Waals surface area (Å²) >= 11 is 1.97. The number of nitrogens with two attached hydrogens (primary N) is 1. The lowest BCUT2D eigenvalue weighted by atomic mass is 10.2. The Morgan fingerprint density at radius 2 is 1.85 bits per heavy atom. The van der Waals surface area contributed by atoms with E-state index in [0.29, 0.717) is 0 Å². The number of hydrogen-bond donors (Lipinski definition) is 1. The highest BCUT2D eigenvalue weighted by Crippen LogP contribution is 2.19. The third-order valence-electron chi connectivity index (χ3n) is 2.09. The molecular formula is C11H19NS. The van der Waals surface area contributed by atoms with E-state index in [0.717, 1.165) is 13.0 Å². The second-order valence-electron chi connectivity index (χ2n) is 3.36. The normalized spacial score (nSPS) is 10.6. The predicted octanol–water partition coefficient (Wildman–Crippen LogP) is 2.98. The van der Waals surface area contributed by atoms with Crippen molar-refractivity contribution in [3.05, 3.63) is 21.9 Å². The fourth-order valence-electron chi connectivity index (χ4n) is 1.38. The van der Waals surface area contributed by atoms with E-state index >= 15 is 0 Å². The Kier molecular flexibility index (Phi) is 5.09. The van der Waals surface area contributed by atoms with Crippen LogP contribution in [-0.2, 0) is 12.8 Å². The highest BCUT2D eigenvalue weighted by atomic mass is 32.1. The molecule has 0 unspecified atom stereocenters. The lowest BCUT2D eigenvalue weighted by molar-refractivity contribution is 0.751. The van der Waals surface area contributed by atoms with Gasteiger partial charge in [-0.05, 0) is 44.4 Å². The van der Waals surface area contributed by atoms with Crippen LogP contribution in [-0.4, -0.2) is 6.54 Å². The fourth-order valence-corrected chi connectivity index (χ4v) is 2.54. The van der Waals surface area contributed by atoms with Gasteiger partial charge >= 0.3 is 0 Å². The van der Waals surface area contributed by atoms with Gasteiger partial charge in [0.05, 0.1) is 0 Å². The summed E-state index contributed by atoms with van der Waals surface area (Å²) in [6.45, 7) is 3.06. The van der Waals surface area contributed by atoms with Gasteiger partial charge in [-0.25, -0.2) is 0 Å². The molecule has 0 aliphatic heterocycles. The van der Waals surface area contributed by atoms with E-state index in [-0.39, 0.29) is 0 Å². The minimum Gasteiger partial charge on any atom is -0.330 e. The van der Waals surface area contributed by atoms with Crippen LogP contribution in [0.1, 0.15) is 35.9 Å². The topological polar surface area (TPSA) is 26.0 Å². The van der Waals surface area contributed by atoms with Crippen LogP contribution in [0, 0.1) is 0 Å². The van der Waals surface area contributed by atoms with E-state index in [4.69, 9.17) is 5.73 Å². The minimum absolute atomic E-state index is 0.827. The molecule has 2 N–H and O–H groups in total. The van der Waals surface area contributed by atoms with Gasteiger partial charge in [-0.15, -0.1) is 11.3 Å². The van der Waals surface area contributed by atoms with E-state index in [1.54, 1.807) is 0 Å². The first-order valence-electron chi connectivity index (χ1n) is 5.14. The second-order valence-corrected chi connectivity index (χ2v) is 4.62. The summed E-state index contributed by atoms with van der Waals surface area (Å²) < 4.78 is 0. The first kappa shape index (κ1) is 10.7. The van der Waals surface area contributed by atoms with Crippen LogP contribution in [0.5, 0.6) is 0 Å². The summed E-state index contributed by atoms with van der Waals surface area (Å²) in [6.07, 6.45) is 6.10. The molecule has 0 aromatic carbocycles. The molecular weight excluding hydrogens is 178 g/mol. The molecule has 13 heavy (non-hydrogen) atoms. The summed E-state index contributed by atoms with van der Waals surface area (Å²) in [7, 11) is 0. The zero-order chi connectivity index (χ0) is 9.52. The highest BCUT2D eigenvalue weighted by Gasteiger charge is 1.98. The Labute approximate surface area is 85.0 Å². The van der Waals surface area contributed by atoms with Crippen molar-refractivity contribution in [2.24, 2.45) is 5.73 Å². The van der Waals surface area contributed by atoms with Crippen LogP contribution in [0.15, 0.2) is 12.1 Å². The molecule has 0 bridgehead atoms. The standard InChI is InChI=1S/C11H19NS/c1-2-5-10-7-8-11(13-10)6-3-4-9-12/h7-8H,2-6,9,12H2,1H3. The molecule has 0 saturated heterocycles. The fraction of sp³-hybridized carbons (Fsp3) is 0.636. The minimum atomic E-state index is 0.827. The number of aryl methyl sites for hydroxylation is 2. The third-order valence-corrected chi connectivity index (χ3v) is 3.30. The summed E-state index contributed by atoms with van der Waals surface area (Å²) in [5.41, 5.74) is 5.45. The van der Waals surface area contributed by atoms with Crippen molar-refractivity contribution >= 4 is 11.3 Å². The Morgan fingerprint density at radius 1 is 1.15 bits per heavy atom. The van der Waals surface area contributed by atoms with Gasteiger partial charge in [0, 0.05) is 9.75 Å². The van der Waals surface area contributed by atoms with Gasteiger partial charge in [0.1, 0.15) is 0 Å². The first-order chi connectivity index (χ1) is 6.36. The Bertz CT molecular complexity index is 230. The van der Waals surface area contributed by atoms with E-state index < -0.39 is 0 Å². The van der Waals surface area contributed by atoms with Crippen LogP contribution in [0.25, 0.3) is 0 Å². The maximum atomic E-state index is 5.45. The molecule has 0 amide bonds. The van der Waals surface area contributed by atoms with E-state index in [9.17, 15) is 0 Å². The lowest BCUT2D eigenvalue weighted by Crippen LogP contribution is -1.98. The molecule has 1 rings (SSSR count). The van der Waals surface area contributed by atoms with Crippen molar-refractivity contribution in [1.29, 1.82) is 0 Å². The molecule has 0 atom stereocenters. The summed E-state index contributed by atoms with van der Waals surface area (Å²) in [5, 5.41) is 0. The number of rotatable bonds is 6. The van der Waals surface area contributed by atoms with Gasteiger partial charge in [-0.1, -0.05) is 13.3 Å². The first-order valence-corrected chi connectivity index (χ1v) is 5.96. The van der Waals surface area contributed by atoms with Crippen molar-refractivity contribution in [2.45, 2.75) is 39.0 Å². The largest absolute Gasteiger partial charge is 0.330 e. The molecule has 1 aromatic rings. The molecule has 1 aromatic heterocycles. The molecule has 0 spiro atoms. The second kappa shape index (κ2) is 6.17. The summed E-state index contributed by atoms with van der Waals surface area (Å²) in [4.78, 5) is 3.06. The van der Waals surface area contributed by atoms with Crippen molar-refractivity contribution in [3.63, 3.8) is 0 Å². The Morgan fingerprint density at radius 3 is 2.46 bits per heavy atom. The average Bonchev–Trinajstić information content (AvgIpc) is 2.54. The Hall–Kier alpha value is -0.340. The predicted molar refractivity (Wildman–Crippen MR) is 60.3 cm³/mol. The monoisotopic (exact) mass is 197 g/mol. The number of hydrogen-bond acceptors (Lipinski definition) is 2. The van der Waals surface area contributed by atoms with Crippen LogP contribution in [0.4, 0.5) is 0 Å². The van der Waals surface area contributed by atoms with Gasteiger partial charge in [0.25, 0.3) is 0 Å². The summed E-state index contributed by atoms with van der Waals surface area (Å²) in [6, 6.07) is 4.54. The van der Waals surface area contributed by atoms with Gasteiger partial charge in [-0.2, -0.15) is 0 Å². The molecule has 1 heterocycles. The Balaban J connectivity index is 2.31. The molecule has 0 aliphatic carbocycles. The molecule has 1 nitrogen and oxygen atoms in total. The van der Waals surface area contributed by atoms with Crippen LogP contribution >= 0.6 is 11.3 Å². The number of unbranched alkanes of at least 4 members (excludes halogenated alkanes) is 1. The smallest absolute Gasteiger partial charge is 0.00481 e. The zero-order valence-electron chi connectivity index (χ0n) is 8.38. The SMILES string of the molecule is CCCc1ccc(CCCCN)s1. The van der Waals surface area contributed by atoms with Crippen molar-refractivity contribution < 1.29 is 0 Å². The molecule has 2 heteroatoms. The highest BCUT2D eigenvalue weighted by molar-refractivity contribution is 7.11. The lowest BCUT2D eigenvalue weighted by Gasteiger charge is -1.95. The van der Waals surface area contributed by atoms with Gasteiger partial charge in [0.15, 0.2) is 0 Å². The zero-order valence-corrected chi connectivity index (χ0v) is 9.20. The van der Waals surface area contributed by atoms with Crippen LogP contribution in [0.3, 0.4) is 0 Å². The van der Waals surface area contributed by atoms with Gasteiger partial charge < -0.3 is 5.73 Å². The third kappa shape index (κ3) is 3.92.